The topological polar surface area (TPSA) is 67.1 Å². The van der Waals surface area contributed by atoms with Crippen molar-refractivity contribution in [2.45, 2.75) is 52.0 Å². The van der Waals surface area contributed by atoms with E-state index < -0.39 is 0 Å². The lowest BCUT2D eigenvalue weighted by Crippen LogP contribution is -2.37. The van der Waals surface area contributed by atoms with Crippen LogP contribution in [0.3, 0.4) is 0 Å². The first-order chi connectivity index (χ1) is 10.8. The van der Waals surface area contributed by atoms with Crippen LogP contribution >= 0.6 is 24.0 Å². The van der Waals surface area contributed by atoms with Crippen molar-refractivity contribution in [3.63, 3.8) is 0 Å². The molecule has 0 aliphatic carbocycles. The highest BCUT2D eigenvalue weighted by atomic mass is 127. The van der Waals surface area contributed by atoms with Gasteiger partial charge in [-0.3, -0.25) is 4.99 Å². The number of aromatic nitrogens is 3. The molecule has 128 valence electrons. The van der Waals surface area contributed by atoms with Crippen molar-refractivity contribution in [2.75, 3.05) is 19.6 Å². The number of halogens is 1. The van der Waals surface area contributed by atoms with Gasteiger partial charge in [0.05, 0.1) is 6.54 Å². The van der Waals surface area contributed by atoms with Gasteiger partial charge in [-0.05, 0) is 26.2 Å². The number of hydrogen-bond donors (Lipinski definition) is 2. The maximum Gasteiger partial charge on any atom is 0.192 e. The Hall–Kier alpha value is -1.30. The van der Waals surface area contributed by atoms with Crippen molar-refractivity contribution in [3.8, 4) is 12.3 Å². The molecule has 0 fully saturated rings. The molecule has 0 aromatic carbocycles. The lowest BCUT2D eigenvalue weighted by atomic mass is 10.2. The summed E-state index contributed by atoms with van der Waals surface area (Å²) in [6, 6.07) is 0. The summed E-state index contributed by atoms with van der Waals surface area (Å²) < 4.78 is 2.30. The highest BCUT2D eigenvalue weighted by Crippen LogP contribution is 2.15. The summed E-state index contributed by atoms with van der Waals surface area (Å²) in [5, 5.41) is 15.0. The first-order valence-corrected chi connectivity index (χ1v) is 8.21. The molecule has 2 N–H and O–H groups in total. The standard InChI is InChI=1S/C16H26N6.HI/c1-3-11-18-16(17-4-2)19-12-8-10-15-21-20-14-9-6-5-7-13-22(14)15;/h1H,4-13H2,2H3,(H2,17,18,19);1H. The Morgan fingerprint density at radius 1 is 1.30 bits per heavy atom. The van der Waals surface area contributed by atoms with Crippen molar-refractivity contribution >= 4 is 29.9 Å². The second-order valence-electron chi connectivity index (χ2n) is 5.42. The Kier molecular flexibility index (Phi) is 9.67. The molecule has 1 aromatic rings. The van der Waals surface area contributed by atoms with E-state index in [-0.39, 0.29) is 24.0 Å². The maximum atomic E-state index is 5.26. The van der Waals surface area contributed by atoms with Crippen LogP contribution < -0.4 is 10.6 Å². The quantitative estimate of drug-likeness (QED) is 0.237. The summed E-state index contributed by atoms with van der Waals surface area (Å²) >= 11 is 0. The highest BCUT2D eigenvalue weighted by Gasteiger charge is 2.13. The monoisotopic (exact) mass is 430 g/mol. The molecule has 2 heterocycles. The lowest BCUT2D eigenvalue weighted by molar-refractivity contribution is 0.597. The van der Waals surface area contributed by atoms with E-state index >= 15 is 0 Å². The van der Waals surface area contributed by atoms with Crippen LogP contribution in [0.4, 0.5) is 0 Å². The average Bonchev–Trinajstić information content (AvgIpc) is 2.76. The maximum absolute atomic E-state index is 5.26. The van der Waals surface area contributed by atoms with Crippen LogP contribution in [-0.2, 0) is 19.4 Å². The Bertz CT molecular complexity index is 531. The predicted octanol–water partition coefficient (Wildman–Crippen LogP) is 1.74. The van der Waals surface area contributed by atoms with Crippen LogP contribution in [0.5, 0.6) is 0 Å². The van der Waals surface area contributed by atoms with Crippen LogP contribution in [0.25, 0.3) is 0 Å². The third-order valence-electron chi connectivity index (χ3n) is 3.72. The van der Waals surface area contributed by atoms with Crippen LogP contribution in [-0.4, -0.2) is 40.4 Å². The molecule has 23 heavy (non-hydrogen) atoms. The normalized spacial score (nSPS) is 14.2. The average molecular weight is 430 g/mol. The number of fused-ring (bicyclic) bond motifs is 1. The van der Waals surface area contributed by atoms with Crippen molar-refractivity contribution in [1.29, 1.82) is 0 Å². The predicted molar refractivity (Wildman–Crippen MR) is 104 cm³/mol. The molecule has 2 rings (SSSR count). The van der Waals surface area contributed by atoms with Crippen molar-refractivity contribution in [3.05, 3.63) is 11.6 Å². The summed E-state index contributed by atoms with van der Waals surface area (Å²) in [6.07, 6.45) is 12.0. The summed E-state index contributed by atoms with van der Waals surface area (Å²) in [5.41, 5.74) is 0. The molecular formula is C16H27IN6. The van der Waals surface area contributed by atoms with Gasteiger partial charge in [-0.25, -0.2) is 0 Å². The van der Waals surface area contributed by atoms with E-state index in [0.717, 1.165) is 56.5 Å². The van der Waals surface area contributed by atoms with Gasteiger partial charge in [0, 0.05) is 32.5 Å². The van der Waals surface area contributed by atoms with Gasteiger partial charge in [-0.15, -0.1) is 40.6 Å². The SMILES string of the molecule is C#CCNC(=NCCCc1nnc2n1CCCCC2)NCC.I. The first kappa shape index (κ1) is 19.7. The lowest BCUT2D eigenvalue weighted by Gasteiger charge is -2.09. The Morgan fingerprint density at radius 3 is 2.96 bits per heavy atom. The van der Waals surface area contributed by atoms with Gasteiger partial charge in [0.25, 0.3) is 0 Å². The van der Waals surface area contributed by atoms with E-state index in [9.17, 15) is 0 Å². The smallest absolute Gasteiger partial charge is 0.192 e. The first-order valence-electron chi connectivity index (χ1n) is 8.21. The molecule has 0 saturated heterocycles. The molecule has 1 aromatic heterocycles. The number of rotatable bonds is 6. The van der Waals surface area contributed by atoms with Crippen LogP contribution in [0.1, 0.15) is 44.3 Å². The van der Waals surface area contributed by atoms with E-state index in [0.29, 0.717) is 6.54 Å². The third-order valence-corrected chi connectivity index (χ3v) is 3.72. The largest absolute Gasteiger partial charge is 0.357 e. The molecular weight excluding hydrogens is 403 g/mol. The van der Waals surface area contributed by atoms with E-state index in [1.165, 1.54) is 19.3 Å². The van der Waals surface area contributed by atoms with Gasteiger partial charge in [-0.1, -0.05) is 12.3 Å². The number of guanidine groups is 1. The number of terminal acetylenes is 1. The second kappa shape index (κ2) is 11.3. The molecule has 6 nitrogen and oxygen atoms in total. The van der Waals surface area contributed by atoms with Crippen LogP contribution in [0.15, 0.2) is 4.99 Å². The van der Waals surface area contributed by atoms with E-state index in [1.54, 1.807) is 0 Å². The molecule has 0 spiro atoms. The minimum absolute atomic E-state index is 0. The van der Waals surface area contributed by atoms with Crippen molar-refractivity contribution in [1.82, 2.24) is 25.4 Å². The summed E-state index contributed by atoms with van der Waals surface area (Å²) in [5.74, 6) is 5.59. The van der Waals surface area contributed by atoms with Gasteiger partial charge < -0.3 is 15.2 Å². The van der Waals surface area contributed by atoms with Crippen molar-refractivity contribution in [2.24, 2.45) is 4.99 Å². The Morgan fingerprint density at radius 2 is 2.17 bits per heavy atom. The number of aryl methyl sites for hydroxylation is 2. The Labute approximate surface area is 155 Å². The second-order valence-corrected chi connectivity index (χ2v) is 5.42. The molecule has 0 atom stereocenters. The van der Waals surface area contributed by atoms with Gasteiger partial charge in [0.15, 0.2) is 5.96 Å². The third kappa shape index (κ3) is 6.37. The number of nitrogens with zero attached hydrogens (tertiary/aromatic N) is 4. The van der Waals surface area contributed by atoms with E-state index in [2.05, 4.69) is 36.3 Å². The van der Waals surface area contributed by atoms with Crippen molar-refractivity contribution < 1.29 is 0 Å². The zero-order chi connectivity index (χ0) is 15.6. The minimum atomic E-state index is 0. The molecule has 0 bridgehead atoms. The van der Waals surface area contributed by atoms with Gasteiger partial charge in [0.1, 0.15) is 11.6 Å². The zero-order valence-corrected chi connectivity index (χ0v) is 16.2. The molecule has 7 heteroatoms. The fourth-order valence-electron chi connectivity index (χ4n) is 2.63. The molecule has 0 unspecified atom stereocenters. The zero-order valence-electron chi connectivity index (χ0n) is 13.8. The minimum Gasteiger partial charge on any atom is -0.357 e. The van der Waals surface area contributed by atoms with Crippen LogP contribution in [0, 0.1) is 12.3 Å². The number of nitrogens with one attached hydrogen (secondary N) is 2. The molecule has 0 radical (unpaired) electrons. The van der Waals surface area contributed by atoms with E-state index in [1.807, 2.05) is 6.92 Å². The molecule has 0 amide bonds. The summed E-state index contributed by atoms with van der Waals surface area (Å²) in [7, 11) is 0. The fourth-order valence-corrected chi connectivity index (χ4v) is 2.63. The van der Waals surface area contributed by atoms with Gasteiger partial charge in [0.2, 0.25) is 0 Å². The molecule has 1 aliphatic heterocycles. The Balaban J connectivity index is 0.00000264. The number of hydrogen-bond acceptors (Lipinski definition) is 3. The van der Waals surface area contributed by atoms with Gasteiger partial charge in [-0.2, -0.15) is 0 Å². The van der Waals surface area contributed by atoms with E-state index in [4.69, 9.17) is 6.42 Å². The highest BCUT2D eigenvalue weighted by molar-refractivity contribution is 14.0. The molecule has 0 saturated carbocycles. The molecule has 1 aliphatic rings. The summed E-state index contributed by atoms with van der Waals surface area (Å²) in [6.45, 7) is 5.17. The number of aliphatic imine (C=N–C) groups is 1. The van der Waals surface area contributed by atoms with Crippen LogP contribution in [0.2, 0.25) is 0 Å². The van der Waals surface area contributed by atoms with Gasteiger partial charge >= 0.3 is 0 Å². The fraction of sp³-hybridized carbons (Fsp3) is 0.688. The summed E-state index contributed by atoms with van der Waals surface area (Å²) in [4.78, 5) is 4.52.